The Balaban J connectivity index is 1.95. The number of rotatable bonds is 8. The van der Waals surface area contributed by atoms with Crippen molar-refractivity contribution >= 4 is 6.03 Å². The summed E-state index contributed by atoms with van der Waals surface area (Å²) in [7, 11) is 7.51. The van der Waals surface area contributed by atoms with Gasteiger partial charge in [-0.3, -0.25) is 0 Å². The first-order chi connectivity index (χ1) is 12.9. The van der Waals surface area contributed by atoms with E-state index in [1.807, 2.05) is 38.4 Å². The molecule has 2 aromatic carbocycles. The first-order valence-electron chi connectivity index (χ1n) is 9.31. The second kappa shape index (κ2) is 9.97. The Bertz CT molecular complexity index is 729. The number of hydrogen-bond acceptors (Lipinski definition) is 3. The summed E-state index contributed by atoms with van der Waals surface area (Å²) in [5.41, 5.74) is 3.55. The first kappa shape index (κ1) is 20.8. The fraction of sp³-hybridized carbons (Fsp3) is 0.409. The van der Waals surface area contributed by atoms with E-state index in [1.165, 1.54) is 11.1 Å². The zero-order valence-corrected chi connectivity index (χ0v) is 17.0. The van der Waals surface area contributed by atoms with Crippen LogP contribution in [0, 0.1) is 0 Å². The van der Waals surface area contributed by atoms with Crippen LogP contribution in [-0.2, 0) is 13.0 Å². The third kappa shape index (κ3) is 6.00. The number of hydrogen-bond donors (Lipinski definition) is 1. The number of amides is 2. The van der Waals surface area contributed by atoms with Crippen molar-refractivity contribution < 1.29 is 9.53 Å². The Hall–Kier alpha value is -2.53. The summed E-state index contributed by atoms with van der Waals surface area (Å²) in [6, 6.07) is 16.4. The molecular weight excluding hydrogens is 338 g/mol. The number of ether oxygens (including phenoxy) is 1. The largest absolute Gasteiger partial charge is 0.497 e. The minimum atomic E-state index is -0.0881. The Morgan fingerprint density at radius 2 is 1.78 bits per heavy atom. The van der Waals surface area contributed by atoms with E-state index in [2.05, 4.69) is 41.4 Å². The second-order valence-corrected chi connectivity index (χ2v) is 6.97. The van der Waals surface area contributed by atoms with Gasteiger partial charge in [-0.2, -0.15) is 0 Å². The Morgan fingerprint density at radius 1 is 1.07 bits per heavy atom. The van der Waals surface area contributed by atoms with Crippen LogP contribution in [0.4, 0.5) is 4.79 Å². The maximum absolute atomic E-state index is 12.5. The van der Waals surface area contributed by atoms with Crippen molar-refractivity contribution in [1.29, 1.82) is 0 Å². The minimum absolute atomic E-state index is 0.0881. The van der Waals surface area contributed by atoms with E-state index in [0.717, 1.165) is 17.7 Å². The van der Waals surface area contributed by atoms with Gasteiger partial charge in [-0.05, 0) is 49.3 Å². The number of nitrogens with one attached hydrogen (secondary N) is 1. The summed E-state index contributed by atoms with van der Waals surface area (Å²) in [5, 5.41) is 3.05. The number of likely N-dealkylation sites (N-methyl/N-ethyl adjacent to an activating group) is 1. The molecule has 0 saturated carbocycles. The molecule has 0 aromatic heterocycles. The van der Waals surface area contributed by atoms with Crippen molar-refractivity contribution in [3.05, 3.63) is 65.2 Å². The summed E-state index contributed by atoms with van der Waals surface area (Å²) < 4.78 is 5.24. The number of urea groups is 1. The molecular formula is C22H31N3O2. The normalized spacial score (nSPS) is 11.9. The zero-order valence-electron chi connectivity index (χ0n) is 17.0. The van der Waals surface area contributed by atoms with Crippen LogP contribution in [0.1, 0.15) is 29.7 Å². The van der Waals surface area contributed by atoms with Crippen LogP contribution in [-0.4, -0.2) is 50.6 Å². The minimum Gasteiger partial charge on any atom is -0.497 e. The van der Waals surface area contributed by atoms with E-state index in [9.17, 15) is 4.79 Å². The standard InChI is InChI=1S/C22H31N3O2/c1-6-17-10-12-19(13-11-17)21(24(2)3)15-23-22(26)25(4)16-18-8-7-9-20(14-18)27-5/h7-14,21H,6,15-16H2,1-5H3,(H,23,26). The van der Waals surface area contributed by atoms with Crippen molar-refractivity contribution in [1.82, 2.24) is 15.1 Å². The van der Waals surface area contributed by atoms with Gasteiger partial charge in [0.15, 0.2) is 0 Å². The lowest BCUT2D eigenvalue weighted by Gasteiger charge is -2.27. The molecule has 2 rings (SSSR count). The van der Waals surface area contributed by atoms with E-state index < -0.39 is 0 Å². The molecule has 0 fully saturated rings. The third-order valence-electron chi connectivity index (χ3n) is 4.74. The lowest BCUT2D eigenvalue weighted by Crippen LogP contribution is -2.41. The molecule has 0 aliphatic rings. The van der Waals surface area contributed by atoms with Crippen molar-refractivity contribution in [3.8, 4) is 5.75 Å². The van der Waals surface area contributed by atoms with Gasteiger partial charge in [0.05, 0.1) is 13.2 Å². The Labute approximate surface area is 162 Å². The van der Waals surface area contributed by atoms with E-state index in [-0.39, 0.29) is 12.1 Å². The molecule has 0 aliphatic carbocycles. The molecule has 0 bridgehead atoms. The summed E-state index contributed by atoms with van der Waals surface area (Å²) in [5.74, 6) is 0.796. The molecule has 1 N–H and O–H groups in total. The number of aryl methyl sites for hydroxylation is 1. The summed E-state index contributed by atoms with van der Waals surface area (Å²) >= 11 is 0. The lowest BCUT2D eigenvalue weighted by molar-refractivity contribution is 0.200. The van der Waals surface area contributed by atoms with Gasteiger partial charge in [0.2, 0.25) is 0 Å². The van der Waals surface area contributed by atoms with Gasteiger partial charge < -0.3 is 19.9 Å². The van der Waals surface area contributed by atoms with Crippen LogP contribution in [0.2, 0.25) is 0 Å². The summed E-state index contributed by atoms with van der Waals surface area (Å²) in [6.07, 6.45) is 1.03. The fourth-order valence-corrected chi connectivity index (χ4v) is 3.01. The van der Waals surface area contributed by atoms with E-state index in [4.69, 9.17) is 4.74 Å². The summed E-state index contributed by atoms with van der Waals surface area (Å²) in [6.45, 7) is 3.23. The van der Waals surface area contributed by atoms with E-state index >= 15 is 0 Å². The molecule has 0 saturated heterocycles. The number of nitrogens with zero attached hydrogens (tertiary/aromatic N) is 2. The molecule has 0 heterocycles. The number of carbonyl (C=O) groups is 1. The molecule has 0 radical (unpaired) electrons. The van der Waals surface area contributed by atoms with Gasteiger partial charge in [0.25, 0.3) is 0 Å². The Kier molecular flexibility index (Phi) is 7.67. The third-order valence-corrected chi connectivity index (χ3v) is 4.74. The average molecular weight is 370 g/mol. The van der Waals surface area contributed by atoms with Crippen LogP contribution >= 0.6 is 0 Å². The average Bonchev–Trinajstić information content (AvgIpc) is 2.68. The van der Waals surface area contributed by atoms with Crippen LogP contribution in [0.15, 0.2) is 48.5 Å². The quantitative estimate of drug-likeness (QED) is 0.772. The van der Waals surface area contributed by atoms with Crippen LogP contribution in [0.5, 0.6) is 5.75 Å². The molecule has 1 unspecified atom stereocenters. The maximum Gasteiger partial charge on any atom is 0.317 e. The SMILES string of the molecule is CCc1ccc(C(CNC(=O)N(C)Cc2cccc(OC)c2)N(C)C)cc1. The molecule has 5 nitrogen and oxygen atoms in total. The highest BCUT2D eigenvalue weighted by atomic mass is 16.5. The van der Waals surface area contributed by atoms with Gasteiger partial charge in [0.1, 0.15) is 5.75 Å². The molecule has 2 amide bonds. The van der Waals surface area contributed by atoms with Crippen molar-refractivity contribution in [2.45, 2.75) is 25.9 Å². The highest BCUT2D eigenvalue weighted by Crippen LogP contribution is 2.19. The lowest BCUT2D eigenvalue weighted by atomic mass is 10.0. The van der Waals surface area contributed by atoms with Crippen molar-refractivity contribution in [2.24, 2.45) is 0 Å². The van der Waals surface area contributed by atoms with Crippen LogP contribution in [0.3, 0.4) is 0 Å². The van der Waals surface area contributed by atoms with Gasteiger partial charge >= 0.3 is 6.03 Å². The highest BCUT2D eigenvalue weighted by Gasteiger charge is 2.17. The second-order valence-electron chi connectivity index (χ2n) is 6.97. The Morgan fingerprint density at radius 3 is 2.37 bits per heavy atom. The smallest absolute Gasteiger partial charge is 0.317 e. The molecule has 27 heavy (non-hydrogen) atoms. The molecule has 0 aliphatic heterocycles. The fourth-order valence-electron chi connectivity index (χ4n) is 3.01. The van der Waals surface area contributed by atoms with Gasteiger partial charge in [-0.25, -0.2) is 4.79 Å². The predicted molar refractivity (Wildman–Crippen MR) is 110 cm³/mol. The van der Waals surface area contributed by atoms with E-state index in [1.54, 1.807) is 19.1 Å². The zero-order chi connectivity index (χ0) is 19.8. The van der Waals surface area contributed by atoms with Crippen LogP contribution in [0.25, 0.3) is 0 Å². The number of carbonyl (C=O) groups excluding carboxylic acids is 1. The molecule has 1 atom stereocenters. The van der Waals surface area contributed by atoms with Gasteiger partial charge in [-0.1, -0.05) is 43.3 Å². The first-order valence-corrected chi connectivity index (χ1v) is 9.31. The topological polar surface area (TPSA) is 44.8 Å². The molecule has 5 heteroatoms. The van der Waals surface area contributed by atoms with Gasteiger partial charge in [-0.15, -0.1) is 0 Å². The molecule has 2 aromatic rings. The number of methoxy groups -OCH3 is 1. The predicted octanol–water partition coefficient (Wildman–Crippen LogP) is 3.70. The molecule has 0 spiro atoms. The maximum atomic E-state index is 12.5. The monoisotopic (exact) mass is 369 g/mol. The van der Waals surface area contributed by atoms with Crippen LogP contribution < -0.4 is 10.1 Å². The summed E-state index contributed by atoms with van der Waals surface area (Å²) in [4.78, 5) is 16.3. The van der Waals surface area contributed by atoms with Crippen molar-refractivity contribution in [3.63, 3.8) is 0 Å². The van der Waals surface area contributed by atoms with Gasteiger partial charge in [0, 0.05) is 20.1 Å². The van der Waals surface area contributed by atoms with E-state index in [0.29, 0.717) is 13.1 Å². The highest BCUT2D eigenvalue weighted by molar-refractivity contribution is 5.73. The van der Waals surface area contributed by atoms with Crippen molar-refractivity contribution in [2.75, 3.05) is 34.8 Å². The number of benzene rings is 2. The molecule has 146 valence electrons.